The van der Waals surface area contributed by atoms with Gasteiger partial charge in [-0.3, -0.25) is 4.99 Å². The smallest absolute Gasteiger partial charge is 0.191 e. The van der Waals surface area contributed by atoms with Gasteiger partial charge in [0, 0.05) is 60.9 Å². The van der Waals surface area contributed by atoms with Gasteiger partial charge in [0.05, 0.1) is 5.01 Å². The van der Waals surface area contributed by atoms with Crippen LogP contribution in [0.25, 0.3) is 0 Å². The highest BCUT2D eigenvalue weighted by molar-refractivity contribution is 7.11. The fourth-order valence-electron chi connectivity index (χ4n) is 2.73. The topological polar surface area (TPSA) is 57.8 Å². The molecule has 0 amide bonds. The number of guanidine groups is 1. The Morgan fingerprint density at radius 2 is 1.96 bits per heavy atom. The average molecular weight is 364 g/mol. The average Bonchev–Trinajstić information content (AvgIpc) is 3.01. The number of hydrogen-bond acceptors (Lipinski definition) is 4. The van der Waals surface area contributed by atoms with Crippen molar-refractivity contribution >= 4 is 34.6 Å². The number of aliphatic imine (C=N–C) groups is 1. The Kier molecular flexibility index (Phi) is 5.58. The number of anilines is 1. The molecule has 0 bridgehead atoms. The third-order valence-electron chi connectivity index (χ3n) is 4.06. The summed E-state index contributed by atoms with van der Waals surface area (Å²) in [7, 11) is 0. The van der Waals surface area contributed by atoms with Gasteiger partial charge in [0.1, 0.15) is 0 Å². The van der Waals surface area contributed by atoms with E-state index in [2.05, 4.69) is 38.8 Å². The van der Waals surface area contributed by atoms with Gasteiger partial charge in [0.15, 0.2) is 5.96 Å². The molecule has 3 rings (SSSR count). The molecule has 1 aromatic carbocycles. The number of thiazole rings is 1. The van der Waals surface area contributed by atoms with Gasteiger partial charge < -0.3 is 15.5 Å². The summed E-state index contributed by atoms with van der Waals surface area (Å²) in [6.45, 7) is 6.39. The van der Waals surface area contributed by atoms with Gasteiger partial charge in [-0.1, -0.05) is 11.6 Å². The molecule has 1 saturated heterocycles. The highest BCUT2D eigenvalue weighted by Gasteiger charge is 2.18. The summed E-state index contributed by atoms with van der Waals surface area (Å²) in [5, 5.41) is 1.89. The Morgan fingerprint density at radius 3 is 2.58 bits per heavy atom. The SMILES string of the molecule is Cc1cnc(CCN=C(N)N2CCN(c3ccc(Cl)cc3)CC2)s1. The van der Waals surface area contributed by atoms with E-state index in [1.54, 1.807) is 11.3 Å². The molecular weight excluding hydrogens is 342 g/mol. The lowest BCUT2D eigenvalue weighted by atomic mass is 10.2. The summed E-state index contributed by atoms with van der Waals surface area (Å²) < 4.78 is 0. The van der Waals surface area contributed by atoms with Crippen LogP contribution in [0.15, 0.2) is 35.5 Å². The van der Waals surface area contributed by atoms with Gasteiger partial charge in [-0.25, -0.2) is 4.98 Å². The molecule has 0 saturated carbocycles. The number of piperazine rings is 1. The van der Waals surface area contributed by atoms with Crippen LogP contribution in [0.5, 0.6) is 0 Å². The van der Waals surface area contributed by atoms with Crippen LogP contribution in [0, 0.1) is 6.92 Å². The summed E-state index contributed by atoms with van der Waals surface area (Å²) in [6, 6.07) is 7.98. The normalized spacial score (nSPS) is 15.8. The second kappa shape index (κ2) is 7.85. The second-order valence-electron chi connectivity index (χ2n) is 5.81. The number of benzene rings is 1. The Bertz CT molecular complexity index is 689. The molecule has 0 radical (unpaired) electrons. The number of halogens is 1. The number of aromatic nitrogens is 1. The lowest BCUT2D eigenvalue weighted by molar-refractivity contribution is 0.381. The third kappa shape index (κ3) is 4.39. The van der Waals surface area contributed by atoms with Gasteiger partial charge in [-0.15, -0.1) is 11.3 Å². The number of hydrogen-bond donors (Lipinski definition) is 1. The van der Waals surface area contributed by atoms with Crippen molar-refractivity contribution in [2.75, 3.05) is 37.6 Å². The molecule has 1 aliphatic heterocycles. The standard InChI is InChI=1S/C17H22ClN5S/c1-13-12-21-16(24-13)6-7-20-17(19)23-10-8-22(9-11-23)15-4-2-14(18)3-5-15/h2-5,12H,6-11H2,1H3,(H2,19,20). The fraction of sp³-hybridized carbons (Fsp3) is 0.412. The Balaban J connectivity index is 1.48. The predicted octanol–water partition coefficient (Wildman–Crippen LogP) is 2.78. The number of nitrogens with two attached hydrogens (primary N) is 1. The van der Waals surface area contributed by atoms with Gasteiger partial charge in [0.25, 0.3) is 0 Å². The minimum absolute atomic E-state index is 0.638. The Morgan fingerprint density at radius 1 is 1.25 bits per heavy atom. The molecule has 2 heterocycles. The van der Waals surface area contributed by atoms with Crippen LogP contribution in [0.2, 0.25) is 5.02 Å². The van der Waals surface area contributed by atoms with Gasteiger partial charge in [-0.2, -0.15) is 0 Å². The maximum Gasteiger partial charge on any atom is 0.191 e. The van der Waals surface area contributed by atoms with E-state index < -0.39 is 0 Å². The van der Waals surface area contributed by atoms with E-state index in [9.17, 15) is 0 Å². The van der Waals surface area contributed by atoms with Gasteiger partial charge in [0.2, 0.25) is 0 Å². The molecule has 0 aliphatic carbocycles. The van der Waals surface area contributed by atoms with Crippen molar-refractivity contribution in [3.63, 3.8) is 0 Å². The van der Waals surface area contributed by atoms with Crippen molar-refractivity contribution in [1.82, 2.24) is 9.88 Å². The first-order chi connectivity index (χ1) is 11.6. The molecule has 0 spiro atoms. The number of rotatable bonds is 4. The van der Waals surface area contributed by atoms with Crippen molar-refractivity contribution < 1.29 is 0 Å². The Hall–Kier alpha value is -1.79. The van der Waals surface area contributed by atoms with Crippen molar-refractivity contribution in [1.29, 1.82) is 0 Å². The molecule has 0 unspecified atom stereocenters. The van der Waals surface area contributed by atoms with Crippen LogP contribution in [0.4, 0.5) is 5.69 Å². The fourth-order valence-corrected chi connectivity index (χ4v) is 3.63. The lowest BCUT2D eigenvalue weighted by Crippen LogP contribution is -2.51. The first kappa shape index (κ1) is 17.0. The molecular formula is C17H22ClN5S. The van der Waals surface area contributed by atoms with Gasteiger partial charge in [-0.05, 0) is 31.2 Å². The summed E-state index contributed by atoms with van der Waals surface area (Å²) in [5.41, 5.74) is 7.35. The molecule has 1 fully saturated rings. The highest BCUT2D eigenvalue weighted by Crippen LogP contribution is 2.19. The van der Waals surface area contributed by atoms with E-state index in [1.165, 1.54) is 10.6 Å². The highest BCUT2D eigenvalue weighted by atomic mass is 35.5. The number of aryl methyl sites for hydroxylation is 1. The van der Waals surface area contributed by atoms with Crippen molar-refractivity contribution in [2.24, 2.45) is 10.7 Å². The quantitative estimate of drug-likeness (QED) is 0.670. The summed E-state index contributed by atoms with van der Waals surface area (Å²) in [4.78, 5) is 14.6. The lowest BCUT2D eigenvalue weighted by Gasteiger charge is -2.36. The van der Waals surface area contributed by atoms with Crippen LogP contribution in [-0.4, -0.2) is 48.6 Å². The number of nitrogens with zero attached hydrogens (tertiary/aromatic N) is 4. The Labute approximate surface area is 151 Å². The van der Waals surface area contributed by atoms with E-state index in [0.717, 1.165) is 42.6 Å². The molecule has 1 aliphatic rings. The van der Waals surface area contributed by atoms with Crippen molar-refractivity contribution in [3.05, 3.63) is 45.4 Å². The molecule has 0 atom stereocenters. The zero-order valence-corrected chi connectivity index (χ0v) is 15.4. The molecule has 128 valence electrons. The molecule has 7 heteroatoms. The molecule has 24 heavy (non-hydrogen) atoms. The van der Waals surface area contributed by atoms with Crippen molar-refractivity contribution in [2.45, 2.75) is 13.3 Å². The van der Waals surface area contributed by atoms with E-state index in [1.807, 2.05) is 18.3 Å². The van der Waals surface area contributed by atoms with Gasteiger partial charge >= 0.3 is 0 Å². The van der Waals surface area contributed by atoms with E-state index in [-0.39, 0.29) is 0 Å². The molecule has 5 nitrogen and oxygen atoms in total. The van der Waals surface area contributed by atoms with E-state index in [0.29, 0.717) is 12.5 Å². The molecule has 2 aromatic rings. The predicted molar refractivity (Wildman–Crippen MR) is 102 cm³/mol. The zero-order valence-electron chi connectivity index (χ0n) is 13.8. The minimum atomic E-state index is 0.638. The van der Waals surface area contributed by atoms with Crippen LogP contribution in [-0.2, 0) is 6.42 Å². The zero-order chi connectivity index (χ0) is 16.9. The van der Waals surface area contributed by atoms with E-state index in [4.69, 9.17) is 17.3 Å². The third-order valence-corrected chi connectivity index (χ3v) is 5.29. The largest absolute Gasteiger partial charge is 0.370 e. The summed E-state index contributed by atoms with van der Waals surface area (Å²) in [6.07, 6.45) is 2.76. The first-order valence-corrected chi connectivity index (χ1v) is 9.28. The molecule has 2 N–H and O–H groups in total. The van der Waals surface area contributed by atoms with Crippen LogP contribution < -0.4 is 10.6 Å². The van der Waals surface area contributed by atoms with Crippen LogP contribution in [0.3, 0.4) is 0 Å². The van der Waals surface area contributed by atoms with E-state index >= 15 is 0 Å². The second-order valence-corrected chi connectivity index (χ2v) is 7.56. The van der Waals surface area contributed by atoms with Crippen molar-refractivity contribution in [3.8, 4) is 0 Å². The summed E-state index contributed by atoms with van der Waals surface area (Å²) >= 11 is 7.67. The minimum Gasteiger partial charge on any atom is -0.370 e. The van der Waals surface area contributed by atoms with Crippen LogP contribution >= 0.6 is 22.9 Å². The monoisotopic (exact) mass is 363 g/mol. The summed E-state index contributed by atoms with van der Waals surface area (Å²) in [5.74, 6) is 0.638. The van der Waals surface area contributed by atoms with Crippen LogP contribution in [0.1, 0.15) is 9.88 Å². The molecule has 1 aromatic heterocycles. The maximum absolute atomic E-state index is 6.14. The maximum atomic E-state index is 6.14. The first-order valence-electron chi connectivity index (χ1n) is 8.08.